The summed E-state index contributed by atoms with van der Waals surface area (Å²) in [7, 11) is 0. The molecule has 0 saturated heterocycles. The van der Waals surface area contributed by atoms with E-state index in [9.17, 15) is 4.79 Å². The molecular weight excluding hydrogens is 424 g/mol. The molecule has 2 aromatic rings. The maximum Gasteiger partial charge on any atom is 0.330 e. The maximum atomic E-state index is 11.2. The van der Waals surface area contributed by atoms with Crippen LogP contribution >= 0.6 is 0 Å². The van der Waals surface area contributed by atoms with Crippen molar-refractivity contribution in [2.24, 2.45) is 11.8 Å². The fourth-order valence-corrected chi connectivity index (χ4v) is 3.64. The van der Waals surface area contributed by atoms with Crippen LogP contribution < -0.4 is 0 Å². The zero-order valence-corrected chi connectivity index (χ0v) is 19.4. The van der Waals surface area contributed by atoms with Gasteiger partial charge in [0.1, 0.15) is 0 Å². The second-order valence-electron chi connectivity index (χ2n) is 8.15. The molecule has 0 aromatic heterocycles. The summed E-state index contributed by atoms with van der Waals surface area (Å²) in [5, 5.41) is 0. The summed E-state index contributed by atoms with van der Waals surface area (Å²) in [5.74, 6) is 13.6. The van der Waals surface area contributed by atoms with Crippen LogP contribution in [0.5, 0.6) is 0 Å². The van der Waals surface area contributed by atoms with Gasteiger partial charge >= 0.3 is 5.97 Å². The predicted octanol–water partition coefficient (Wildman–Crippen LogP) is 5.61. The van der Waals surface area contributed by atoms with Crippen LogP contribution in [0.15, 0.2) is 74.0 Å². The first-order chi connectivity index (χ1) is 16.7. The monoisotopic (exact) mass is 454 g/mol. The van der Waals surface area contributed by atoms with E-state index >= 15 is 0 Å². The normalized spacial score (nSPS) is 16.7. The van der Waals surface area contributed by atoms with Gasteiger partial charge in [-0.15, -0.1) is 0 Å². The molecule has 0 unspecified atom stereocenters. The molecule has 3 rings (SSSR count). The lowest BCUT2D eigenvalue weighted by Gasteiger charge is -2.24. The largest absolute Gasteiger partial charge is 0.476 e. The van der Waals surface area contributed by atoms with Crippen LogP contribution in [-0.2, 0) is 25.6 Å². The van der Waals surface area contributed by atoms with Crippen molar-refractivity contribution in [3.63, 3.8) is 0 Å². The minimum atomic E-state index is -0.343. The van der Waals surface area contributed by atoms with E-state index in [1.165, 1.54) is 12.3 Å². The van der Waals surface area contributed by atoms with Crippen molar-refractivity contribution in [3.05, 3.63) is 96.3 Å². The van der Waals surface area contributed by atoms with Gasteiger partial charge in [0, 0.05) is 28.7 Å². The highest BCUT2D eigenvalue weighted by Crippen LogP contribution is 2.28. The van der Waals surface area contributed by atoms with Crippen LogP contribution in [0.25, 0.3) is 0 Å². The Bertz CT molecular complexity index is 1070. The van der Waals surface area contributed by atoms with E-state index in [0.29, 0.717) is 25.0 Å². The van der Waals surface area contributed by atoms with E-state index in [1.54, 1.807) is 0 Å². The quantitative estimate of drug-likeness (QED) is 0.130. The first-order valence-electron chi connectivity index (χ1n) is 11.5. The fourth-order valence-electron chi connectivity index (χ4n) is 3.64. The molecule has 0 bridgehead atoms. The number of hydrogen-bond acceptors (Lipinski definition) is 4. The Morgan fingerprint density at radius 1 is 0.882 bits per heavy atom. The van der Waals surface area contributed by atoms with E-state index in [0.717, 1.165) is 47.9 Å². The van der Waals surface area contributed by atoms with Gasteiger partial charge in [-0.05, 0) is 73.6 Å². The molecule has 4 nitrogen and oxygen atoms in total. The molecule has 0 radical (unpaired) electrons. The van der Waals surface area contributed by atoms with Crippen molar-refractivity contribution < 1.29 is 19.0 Å². The SMILES string of the molecule is C=COCOCc1ccc(C#Cc2ccc(C#CC3CCC(COC(=O)C=C)CC3)cc2)cc1. The van der Waals surface area contributed by atoms with Crippen molar-refractivity contribution in [1.82, 2.24) is 0 Å². The van der Waals surface area contributed by atoms with Crippen LogP contribution in [0.4, 0.5) is 0 Å². The summed E-state index contributed by atoms with van der Waals surface area (Å²) >= 11 is 0. The third-order valence-corrected chi connectivity index (χ3v) is 5.62. The Balaban J connectivity index is 1.45. The topological polar surface area (TPSA) is 44.8 Å². The summed E-state index contributed by atoms with van der Waals surface area (Å²) in [6, 6.07) is 16.0. The molecule has 1 fully saturated rings. The summed E-state index contributed by atoms with van der Waals surface area (Å²) in [6.45, 7) is 8.06. The van der Waals surface area contributed by atoms with Gasteiger partial charge in [-0.25, -0.2) is 4.79 Å². The summed E-state index contributed by atoms with van der Waals surface area (Å²) in [6.07, 6.45) is 6.73. The summed E-state index contributed by atoms with van der Waals surface area (Å²) in [4.78, 5) is 11.2. The van der Waals surface area contributed by atoms with Gasteiger partial charge < -0.3 is 14.2 Å². The van der Waals surface area contributed by atoms with Gasteiger partial charge in [0.2, 0.25) is 0 Å². The molecule has 0 amide bonds. The predicted molar refractivity (Wildman–Crippen MR) is 133 cm³/mol. The van der Waals surface area contributed by atoms with Gasteiger partial charge in [0.25, 0.3) is 0 Å². The average Bonchev–Trinajstić information content (AvgIpc) is 2.89. The van der Waals surface area contributed by atoms with Crippen molar-refractivity contribution in [2.75, 3.05) is 13.4 Å². The Morgan fingerprint density at radius 3 is 2.06 bits per heavy atom. The zero-order chi connectivity index (χ0) is 24.0. The van der Waals surface area contributed by atoms with Gasteiger partial charge in [0.15, 0.2) is 6.79 Å². The number of rotatable bonds is 8. The lowest BCUT2D eigenvalue weighted by Crippen LogP contribution is -2.19. The van der Waals surface area contributed by atoms with Crippen LogP contribution in [-0.4, -0.2) is 19.4 Å². The second-order valence-corrected chi connectivity index (χ2v) is 8.15. The smallest absolute Gasteiger partial charge is 0.330 e. The molecule has 0 aliphatic heterocycles. The van der Waals surface area contributed by atoms with Crippen LogP contribution in [0.2, 0.25) is 0 Å². The van der Waals surface area contributed by atoms with Crippen molar-refractivity contribution in [2.45, 2.75) is 32.3 Å². The molecule has 1 aliphatic carbocycles. The number of hydrogen-bond donors (Lipinski definition) is 0. The van der Waals surface area contributed by atoms with E-state index in [2.05, 4.69) is 36.8 Å². The third-order valence-electron chi connectivity index (χ3n) is 5.62. The van der Waals surface area contributed by atoms with E-state index in [-0.39, 0.29) is 12.8 Å². The first-order valence-corrected chi connectivity index (χ1v) is 11.5. The third kappa shape index (κ3) is 8.66. The minimum Gasteiger partial charge on any atom is -0.476 e. The van der Waals surface area contributed by atoms with Crippen molar-refractivity contribution in [3.8, 4) is 23.7 Å². The molecule has 1 saturated carbocycles. The number of ether oxygens (including phenoxy) is 3. The molecule has 0 N–H and O–H groups in total. The molecule has 174 valence electrons. The number of benzene rings is 2. The van der Waals surface area contributed by atoms with Crippen molar-refractivity contribution in [1.29, 1.82) is 0 Å². The molecule has 0 atom stereocenters. The Labute approximate surface area is 202 Å². The molecule has 34 heavy (non-hydrogen) atoms. The summed E-state index contributed by atoms with van der Waals surface area (Å²) < 4.78 is 15.5. The van der Waals surface area contributed by atoms with Crippen LogP contribution in [0.1, 0.15) is 47.9 Å². The van der Waals surface area contributed by atoms with Crippen LogP contribution in [0, 0.1) is 35.5 Å². The number of carbonyl (C=O) groups excluding carboxylic acids is 1. The molecular formula is C30H30O4. The Morgan fingerprint density at radius 2 is 1.47 bits per heavy atom. The number of carbonyl (C=O) groups is 1. The number of esters is 1. The minimum absolute atomic E-state index is 0.196. The lowest BCUT2D eigenvalue weighted by atomic mass is 9.82. The van der Waals surface area contributed by atoms with Gasteiger partial charge in [-0.3, -0.25) is 0 Å². The Hall–Kier alpha value is -3.73. The van der Waals surface area contributed by atoms with Crippen molar-refractivity contribution >= 4 is 5.97 Å². The van der Waals surface area contributed by atoms with Gasteiger partial charge in [0.05, 0.1) is 19.5 Å². The molecule has 2 aromatic carbocycles. The highest BCUT2D eigenvalue weighted by Gasteiger charge is 2.20. The Kier molecular flexibility index (Phi) is 10.1. The molecule has 1 aliphatic rings. The van der Waals surface area contributed by atoms with Crippen LogP contribution in [0.3, 0.4) is 0 Å². The zero-order valence-electron chi connectivity index (χ0n) is 19.4. The standard InChI is InChI=1S/C30H30O4/c1-3-30(31)34-22-29-19-15-27(16-20-29)12-10-25-7-5-24(6-8-25)9-11-26-13-17-28(18-14-26)21-33-23-32-4-2/h3-8,13-14,17-18,27,29H,1-2,15-16,19-23H2. The summed E-state index contributed by atoms with van der Waals surface area (Å²) in [5.41, 5.74) is 3.96. The fraction of sp³-hybridized carbons (Fsp3) is 0.300. The van der Waals surface area contributed by atoms with E-state index in [1.807, 2.05) is 48.5 Å². The molecule has 0 heterocycles. The maximum absolute atomic E-state index is 11.2. The second kappa shape index (κ2) is 13.7. The van der Waals surface area contributed by atoms with Gasteiger partial charge in [-0.2, -0.15) is 0 Å². The highest BCUT2D eigenvalue weighted by atomic mass is 16.7. The molecule has 4 heteroatoms. The van der Waals surface area contributed by atoms with E-state index in [4.69, 9.17) is 14.2 Å². The van der Waals surface area contributed by atoms with E-state index < -0.39 is 0 Å². The molecule has 0 spiro atoms. The average molecular weight is 455 g/mol. The highest BCUT2D eigenvalue weighted by molar-refractivity contribution is 5.81. The lowest BCUT2D eigenvalue weighted by molar-refractivity contribution is -0.139. The first kappa shape index (κ1) is 24.9. The van der Waals surface area contributed by atoms with Gasteiger partial charge in [-0.1, -0.05) is 49.0 Å².